The number of hydrogen-bond donors (Lipinski definition) is 1. The highest BCUT2D eigenvalue weighted by Crippen LogP contribution is 2.22. The standard InChI is InChI=1S/C15H31N3/c1-3-17-10-12-18(13-11-17)15-9-7-5-4-6-8-14(15)16-2/h14-16H,3-13H2,1-2H3. The Hall–Kier alpha value is -0.120. The predicted octanol–water partition coefficient (Wildman–Crippen LogP) is 1.93. The molecule has 0 radical (unpaired) electrons. The summed E-state index contributed by atoms with van der Waals surface area (Å²) < 4.78 is 0. The molecule has 2 rings (SSSR count). The van der Waals surface area contributed by atoms with Gasteiger partial charge in [-0.05, 0) is 26.4 Å². The van der Waals surface area contributed by atoms with Crippen LogP contribution in [0.25, 0.3) is 0 Å². The minimum absolute atomic E-state index is 0.721. The Kier molecular flexibility index (Phi) is 5.93. The Morgan fingerprint density at radius 3 is 2.22 bits per heavy atom. The van der Waals surface area contributed by atoms with Crippen molar-refractivity contribution >= 4 is 0 Å². The number of hydrogen-bond acceptors (Lipinski definition) is 3. The molecule has 2 aliphatic rings. The number of likely N-dealkylation sites (N-methyl/N-ethyl adjacent to an activating group) is 2. The van der Waals surface area contributed by atoms with E-state index in [1.54, 1.807) is 0 Å². The molecule has 3 heteroatoms. The van der Waals surface area contributed by atoms with E-state index in [9.17, 15) is 0 Å². The van der Waals surface area contributed by atoms with Crippen LogP contribution in [0.3, 0.4) is 0 Å². The molecule has 0 spiro atoms. The Morgan fingerprint density at radius 2 is 1.61 bits per heavy atom. The lowest BCUT2D eigenvalue weighted by Crippen LogP contribution is -2.56. The van der Waals surface area contributed by atoms with E-state index in [0.717, 1.165) is 12.1 Å². The number of nitrogens with zero attached hydrogens (tertiary/aromatic N) is 2. The molecule has 0 aromatic rings. The van der Waals surface area contributed by atoms with Crippen LogP contribution < -0.4 is 5.32 Å². The second-order valence-corrected chi connectivity index (χ2v) is 5.92. The summed E-state index contributed by atoms with van der Waals surface area (Å²) in [5.41, 5.74) is 0. The molecule has 106 valence electrons. The van der Waals surface area contributed by atoms with Crippen molar-refractivity contribution in [2.24, 2.45) is 0 Å². The van der Waals surface area contributed by atoms with Crippen molar-refractivity contribution in [3.8, 4) is 0 Å². The second-order valence-electron chi connectivity index (χ2n) is 5.92. The zero-order valence-corrected chi connectivity index (χ0v) is 12.3. The third kappa shape index (κ3) is 3.69. The van der Waals surface area contributed by atoms with Crippen LogP contribution in [0.4, 0.5) is 0 Å². The third-order valence-electron chi connectivity index (χ3n) is 4.92. The Morgan fingerprint density at radius 1 is 0.944 bits per heavy atom. The van der Waals surface area contributed by atoms with E-state index in [4.69, 9.17) is 0 Å². The topological polar surface area (TPSA) is 18.5 Å². The van der Waals surface area contributed by atoms with Gasteiger partial charge in [0.05, 0.1) is 0 Å². The van der Waals surface area contributed by atoms with Gasteiger partial charge in [-0.3, -0.25) is 4.90 Å². The molecule has 0 amide bonds. The van der Waals surface area contributed by atoms with Crippen molar-refractivity contribution in [2.45, 2.75) is 57.5 Å². The third-order valence-corrected chi connectivity index (χ3v) is 4.92. The molecule has 2 fully saturated rings. The fraction of sp³-hybridized carbons (Fsp3) is 1.00. The molecule has 0 aromatic heterocycles. The highest BCUT2D eigenvalue weighted by molar-refractivity contribution is 4.87. The first-order valence-corrected chi connectivity index (χ1v) is 7.98. The quantitative estimate of drug-likeness (QED) is 0.829. The zero-order chi connectivity index (χ0) is 12.8. The maximum atomic E-state index is 3.59. The van der Waals surface area contributed by atoms with Crippen LogP contribution in [0.15, 0.2) is 0 Å². The van der Waals surface area contributed by atoms with Crippen molar-refractivity contribution in [1.82, 2.24) is 15.1 Å². The van der Waals surface area contributed by atoms with E-state index in [2.05, 4.69) is 29.1 Å². The highest BCUT2D eigenvalue weighted by atomic mass is 15.3. The summed E-state index contributed by atoms with van der Waals surface area (Å²) in [6.45, 7) is 8.58. The molecule has 1 saturated carbocycles. The van der Waals surface area contributed by atoms with E-state index < -0.39 is 0 Å². The molecule has 1 aliphatic heterocycles. The van der Waals surface area contributed by atoms with Crippen molar-refractivity contribution in [3.63, 3.8) is 0 Å². The summed E-state index contributed by atoms with van der Waals surface area (Å²) in [6, 6.07) is 1.51. The zero-order valence-electron chi connectivity index (χ0n) is 12.3. The van der Waals surface area contributed by atoms with Crippen molar-refractivity contribution in [3.05, 3.63) is 0 Å². The summed E-state index contributed by atoms with van der Waals surface area (Å²) in [4.78, 5) is 5.34. The average Bonchev–Trinajstić information content (AvgIpc) is 2.39. The fourth-order valence-electron chi connectivity index (χ4n) is 3.65. The summed E-state index contributed by atoms with van der Waals surface area (Å²) >= 11 is 0. The first kappa shape index (κ1) is 14.3. The van der Waals surface area contributed by atoms with Crippen LogP contribution >= 0.6 is 0 Å². The first-order valence-electron chi connectivity index (χ1n) is 7.98. The predicted molar refractivity (Wildman–Crippen MR) is 78.0 cm³/mol. The Labute approximate surface area is 113 Å². The van der Waals surface area contributed by atoms with Gasteiger partial charge < -0.3 is 10.2 Å². The number of rotatable bonds is 3. The Bertz CT molecular complexity index is 224. The van der Waals surface area contributed by atoms with E-state index >= 15 is 0 Å². The van der Waals surface area contributed by atoms with Gasteiger partial charge in [-0.15, -0.1) is 0 Å². The molecule has 0 bridgehead atoms. The molecule has 3 nitrogen and oxygen atoms in total. The normalized spacial score (nSPS) is 33.0. The SMILES string of the molecule is CCN1CCN(C2CCCCCCC2NC)CC1. The van der Waals surface area contributed by atoms with Crippen LogP contribution in [0, 0.1) is 0 Å². The maximum absolute atomic E-state index is 3.59. The van der Waals surface area contributed by atoms with Gasteiger partial charge in [0, 0.05) is 38.3 Å². The van der Waals surface area contributed by atoms with Crippen molar-refractivity contribution in [2.75, 3.05) is 39.8 Å². The minimum Gasteiger partial charge on any atom is -0.315 e. The Balaban J connectivity index is 1.90. The van der Waals surface area contributed by atoms with Crippen molar-refractivity contribution in [1.29, 1.82) is 0 Å². The minimum atomic E-state index is 0.721. The molecule has 0 aromatic carbocycles. The molecule has 1 N–H and O–H groups in total. The lowest BCUT2D eigenvalue weighted by Gasteiger charge is -2.43. The summed E-state index contributed by atoms with van der Waals surface area (Å²) in [6.07, 6.45) is 8.50. The van der Waals surface area contributed by atoms with Gasteiger partial charge in [0.25, 0.3) is 0 Å². The van der Waals surface area contributed by atoms with Crippen LogP contribution in [-0.2, 0) is 0 Å². The van der Waals surface area contributed by atoms with Crippen molar-refractivity contribution < 1.29 is 0 Å². The largest absolute Gasteiger partial charge is 0.315 e. The van der Waals surface area contributed by atoms with Gasteiger partial charge in [0.2, 0.25) is 0 Å². The van der Waals surface area contributed by atoms with Gasteiger partial charge in [-0.25, -0.2) is 0 Å². The highest BCUT2D eigenvalue weighted by Gasteiger charge is 2.29. The number of piperazine rings is 1. The van der Waals surface area contributed by atoms with Gasteiger partial charge >= 0.3 is 0 Å². The lowest BCUT2D eigenvalue weighted by molar-refractivity contribution is 0.0717. The smallest absolute Gasteiger partial charge is 0.0250 e. The molecule has 1 aliphatic carbocycles. The summed E-state index contributed by atoms with van der Waals surface area (Å²) in [5, 5.41) is 3.59. The molecular formula is C15H31N3. The number of nitrogens with one attached hydrogen (secondary N) is 1. The monoisotopic (exact) mass is 253 g/mol. The molecule has 2 unspecified atom stereocenters. The van der Waals surface area contributed by atoms with Crippen LogP contribution in [0.5, 0.6) is 0 Å². The van der Waals surface area contributed by atoms with E-state index in [1.165, 1.54) is 71.2 Å². The lowest BCUT2D eigenvalue weighted by atomic mass is 9.91. The van der Waals surface area contributed by atoms with E-state index in [0.29, 0.717) is 0 Å². The van der Waals surface area contributed by atoms with E-state index in [-0.39, 0.29) is 0 Å². The maximum Gasteiger partial charge on any atom is 0.0250 e. The molecular weight excluding hydrogens is 222 g/mol. The van der Waals surface area contributed by atoms with Gasteiger partial charge in [-0.2, -0.15) is 0 Å². The first-order chi connectivity index (χ1) is 8.85. The van der Waals surface area contributed by atoms with E-state index in [1.807, 2.05) is 0 Å². The van der Waals surface area contributed by atoms with Crippen LogP contribution in [0.2, 0.25) is 0 Å². The summed E-state index contributed by atoms with van der Waals surface area (Å²) in [7, 11) is 2.15. The summed E-state index contributed by atoms with van der Waals surface area (Å²) in [5.74, 6) is 0. The average molecular weight is 253 g/mol. The molecule has 2 atom stereocenters. The fourth-order valence-corrected chi connectivity index (χ4v) is 3.65. The second kappa shape index (κ2) is 7.46. The van der Waals surface area contributed by atoms with Crippen LogP contribution in [0.1, 0.15) is 45.4 Å². The molecule has 1 saturated heterocycles. The van der Waals surface area contributed by atoms with Gasteiger partial charge in [0.15, 0.2) is 0 Å². The van der Waals surface area contributed by atoms with Crippen LogP contribution in [-0.4, -0.2) is 61.7 Å². The molecule has 18 heavy (non-hydrogen) atoms. The van der Waals surface area contributed by atoms with Gasteiger partial charge in [0.1, 0.15) is 0 Å². The van der Waals surface area contributed by atoms with Gasteiger partial charge in [-0.1, -0.05) is 32.6 Å². The molecule has 1 heterocycles.